The van der Waals surface area contributed by atoms with Crippen molar-refractivity contribution in [3.8, 4) is 0 Å². The van der Waals surface area contributed by atoms with Gasteiger partial charge in [0.05, 0.1) is 12.6 Å². The van der Waals surface area contributed by atoms with Crippen LogP contribution in [-0.4, -0.2) is 35.9 Å². The Balaban J connectivity index is 2.23. The molecule has 1 amide bonds. The van der Waals surface area contributed by atoms with Crippen LogP contribution in [0.5, 0.6) is 0 Å². The van der Waals surface area contributed by atoms with Crippen LogP contribution in [0.3, 0.4) is 0 Å². The van der Waals surface area contributed by atoms with E-state index in [9.17, 15) is 4.79 Å². The molecule has 0 radical (unpaired) electrons. The summed E-state index contributed by atoms with van der Waals surface area (Å²) in [7, 11) is 0. The summed E-state index contributed by atoms with van der Waals surface area (Å²) in [4.78, 5) is 12.9. The van der Waals surface area contributed by atoms with Crippen molar-refractivity contribution in [2.45, 2.75) is 6.04 Å². The average Bonchev–Trinajstić information content (AvgIpc) is 2.61. The molecule has 0 aliphatic carbocycles. The van der Waals surface area contributed by atoms with E-state index in [1.165, 1.54) is 4.90 Å². The largest absolute Gasteiger partial charge is 0.447 e. The van der Waals surface area contributed by atoms with Crippen molar-refractivity contribution in [2.75, 3.05) is 19.8 Å². The molecule has 16 heavy (non-hydrogen) atoms. The number of ether oxygens (including phenoxy) is 1. The van der Waals surface area contributed by atoms with Gasteiger partial charge in [-0.2, -0.15) is 0 Å². The van der Waals surface area contributed by atoms with E-state index in [2.05, 4.69) is 0 Å². The third kappa shape index (κ3) is 2.13. The van der Waals surface area contributed by atoms with Gasteiger partial charge in [-0.15, -0.1) is 0 Å². The Bertz CT molecular complexity index is 397. The van der Waals surface area contributed by atoms with E-state index in [1.807, 2.05) is 12.1 Å². The highest BCUT2D eigenvalue weighted by Gasteiger charge is 2.33. The number of benzene rings is 1. The molecule has 1 N–H and O–H groups in total. The van der Waals surface area contributed by atoms with E-state index in [1.54, 1.807) is 12.1 Å². The third-order valence-electron chi connectivity index (χ3n) is 2.55. The summed E-state index contributed by atoms with van der Waals surface area (Å²) in [5, 5.41) is 9.51. The molecule has 1 atom stereocenters. The first-order valence-electron chi connectivity index (χ1n) is 5.02. The zero-order chi connectivity index (χ0) is 11.5. The van der Waals surface area contributed by atoms with Crippen molar-refractivity contribution in [3.05, 3.63) is 34.9 Å². The molecular formula is C11H12ClNO3. The van der Waals surface area contributed by atoms with Crippen LogP contribution in [0.1, 0.15) is 11.6 Å². The number of halogens is 1. The summed E-state index contributed by atoms with van der Waals surface area (Å²) < 4.78 is 4.96. The Labute approximate surface area is 98.4 Å². The molecule has 2 rings (SSSR count). The first kappa shape index (κ1) is 11.2. The number of carbonyl (C=O) groups excluding carboxylic acids is 1. The van der Waals surface area contributed by atoms with Crippen LogP contribution in [0.25, 0.3) is 0 Å². The molecule has 1 aliphatic rings. The number of aliphatic hydroxyl groups excluding tert-OH is 1. The van der Waals surface area contributed by atoms with Crippen molar-refractivity contribution in [1.29, 1.82) is 0 Å². The van der Waals surface area contributed by atoms with E-state index in [0.29, 0.717) is 11.6 Å². The van der Waals surface area contributed by atoms with Crippen LogP contribution >= 0.6 is 11.6 Å². The molecule has 0 spiro atoms. The number of cyclic esters (lactones) is 1. The normalized spacial score (nSPS) is 20.0. The minimum atomic E-state index is -0.390. The molecule has 5 heteroatoms. The van der Waals surface area contributed by atoms with Gasteiger partial charge in [-0.25, -0.2) is 4.79 Å². The summed E-state index contributed by atoms with van der Waals surface area (Å²) >= 11 is 5.89. The lowest BCUT2D eigenvalue weighted by molar-refractivity contribution is 0.148. The number of amides is 1. The number of hydrogen-bond acceptors (Lipinski definition) is 3. The van der Waals surface area contributed by atoms with Gasteiger partial charge in [0.2, 0.25) is 0 Å². The molecule has 1 heterocycles. The lowest BCUT2D eigenvalue weighted by Crippen LogP contribution is -2.30. The van der Waals surface area contributed by atoms with E-state index >= 15 is 0 Å². The van der Waals surface area contributed by atoms with Gasteiger partial charge in [-0.1, -0.05) is 23.7 Å². The minimum Gasteiger partial charge on any atom is -0.447 e. The number of rotatable bonds is 3. The summed E-state index contributed by atoms with van der Waals surface area (Å²) in [6.45, 7) is 0.501. The first-order chi connectivity index (χ1) is 7.72. The van der Waals surface area contributed by atoms with Gasteiger partial charge in [0.25, 0.3) is 0 Å². The molecule has 4 nitrogen and oxygen atoms in total. The highest BCUT2D eigenvalue weighted by Crippen LogP contribution is 2.28. The van der Waals surface area contributed by atoms with Crippen molar-refractivity contribution < 1.29 is 14.6 Å². The fourth-order valence-electron chi connectivity index (χ4n) is 1.80. The quantitative estimate of drug-likeness (QED) is 0.878. The van der Waals surface area contributed by atoms with Crippen LogP contribution < -0.4 is 0 Å². The van der Waals surface area contributed by atoms with Gasteiger partial charge in [-0.3, -0.25) is 4.90 Å². The summed E-state index contributed by atoms with van der Waals surface area (Å²) in [6.07, 6.45) is -0.390. The van der Waals surface area contributed by atoms with E-state index in [4.69, 9.17) is 21.4 Å². The molecule has 0 bridgehead atoms. The maximum absolute atomic E-state index is 11.4. The van der Waals surface area contributed by atoms with Gasteiger partial charge < -0.3 is 9.84 Å². The zero-order valence-electron chi connectivity index (χ0n) is 8.60. The first-order valence-corrected chi connectivity index (χ1v) is 5.40. The van der Waals surface area contributed by atoms with Crippen molar-refractivity contribution in [3.63, 3.8) is 0 Å². The van der Waals surface area contributed by atoms with Crippen LogP contribution in [-0.2, 0) is 4.74 Å². The Hall–Kier alpha value is -1.26. The Morgan fingerprint density at radius 2 is 2.38 bits per heavy atom. The molecule has 1 aromatic rings. The second-order valence-corrected chi connectivity index (χ2v) is 4.00. The molecule has 1 saturated heterocycles. The zero-order valence-corrected chi connectivity index (χ0v) is 9.35. The van der Waals surface area contributed by atoms with Crippen LogP contribution in [0, 0.1) is 0 Å². The highest BCUT2D eigenvalue weighted by atomic mass is 35.5. The molecular weight excluding hydrogens is 230 g/mol. The molecule has 1 aliphatic heterocycles. The SMILES string of the molecule is O=C1OCC(c2cccc(Cl)c2)N1CCO. The topological polar surface area (TPSA) is 49.8 Å². The number of nitrogens with zero attached hydrogens (tertiary/aromatic N) is 1. The molecule has 1 aromatic carbocycles. The second-order valence-electron chi connectivity index (χ2n) is 3.56. The van der Waals surface area contributed by atoms with Crippen molar-refractivity contribution in [2.24, 2.45) is 0 Å². The lowest BCUT2D eigenvalue weighted by Gasteiger charge is -2.20. The highest BCUT2D eigenvalue weighted by molar-refractivity contribution is 6.30. The fourth-order valence-corrected chi connectivity index (χ4v) is 1.99. The summed E-state index contributed by atoms with van der Waals surface area (Å²) in [6, 6.07) is 7.15. The van der Waals surface area contributed by atoms with Gasteiger partial charge in [0.15, 0.2) is 0 Å². The predicted octanol–water partition coefficient (Wildman–Crippen LogP) is 1.83. The standard InChI is InChI=1S/C11H12ClNO3/c12-9-3-1-2-8(6-9)10-7-16-11(15)13(10)4-5-14/h1-3,6,10,14H,4-5,7H2. The number of β-amino-alcohol motifs (C(OH)–C–C–N with tert-alkyl or cyclic N) is 1. The van der Waals surface area contributed by atoms with Crippen LogP contribution in [0.2, 0.25) is 5.02 Å². The van der Waals surface area contributed by atoms with Gasteiger partial charge >= 0.3 is 6.09 Å². The molecule has 0 saturated carbocycles. The van der Waals surface area contributed by atoms with Crippen LogP contribution in [0.15, 0.2) is 24.3 Å². The summed E-state index contributed by atoms with van der Waals surface area (Å²) in [5.74, 6) is 0. The number of hydrogen-bond donors (Lipinski definition) is 1. The predicted molar refractivity (Wildman–Crippen MR) is 59.3 cm³/mol. The lowest BCUT2D eigenvalue weighted by atomic mass is 10.1. The Kier molecular flexibility index (Phi) is 3.31. The molecule has 1 fully saturated rings. The minimum absolute atomic E-state index is 0.0772. The summed E-state index contributed by atoms with van der Waals surface area (Å²) in [5.41, 5.74) is 0.923. The second kappa shape index (κ2) is 4.72. The third-order valence-corrected chi connectivity index (χ3v) is 2.78. The van der Waals surface area contributed by atoms with Gasteiger partial charge in [0.1, 0.15) is 6.61 Å². The molecule has 1 unspecified atom stereocenters. The Morgan fingerprint density at radius 3 is 3.06 bits per heavy atom. The smallest absolute Gasteiger partial charge is 0.410 e. The van der Waals surface area contributed by atoms with Crippen LogP contribution in [0.4, 0.5) is 4.79 Å². The van der Waals surface area contributed by atoms with Crippen molar-refractivity contribution >= 4 is 17.7 Å². The maximum Gasteiger partial charge on any atom is 0.410 e. The van der Waals surface area contributed by atoms with E-state index < -0.39 is 0 Å². The van der Waals surface area contributed by atoms with E-state index in [-0.39, 0.29) is 25.3 Å². The average molecular weight is 242 g/mol. The maximum atomic E-state index is 11.4. The number of aliphatic hydroxyl groups is 1. The van der Waals surface area contributed by atoms with E-state index in [0.717, 1.165) is 5.56 Å². The van der Waals surface area contributed by atoms with Crippen molar-refractivity contribution in [1.82, 2.24) is 4.90 Å². The van der Waals surface area contributed by atoms with Gasteiger partial charge in [0, 0.05) is 11.6 Å². The van der Waals surface area contributed by atoms with Gasteiger partial charge in [-0.05, 0) is 17.7 Å². The number of carbonyl (C=O) groups is 1. The Morgan fingerprint density at radius 1 is 1.56 bits per heavy atom. The molecule has 0 aromatic heterocycles. The fraction of sp³-hybridized carbons (Fsp3) is 0.364. The molecule has 86 valence electrons. The monoisotopic (exact) mass is 241 g/mol.